The van der Waals surface area contributed by atoms with Gasteiger partial charge in [0.2, 0.25) is 5.91 Å². The van der Waals surface area contributed by atoms with E-state index in [4.69, 9.17) is 0 Å². The second kappa shape index (κ2) is 9.97. The number of halogens is 5. The van der Waals surface area contributed by atoms with Crippen molar-refractivity contribution in [3.63, 3.8) is 0 Å². The summed E-state index contributed by atoms with van der Waals surface area (Å²) in [6.07, 6.45) is -2.33. The van der Waals surface area contributed by atoms with Crippen LogP contribution >= 0.6 is 12.4 Å². The highest BCUT2D eigenvalue weighted by Crippen LogP contribution is 2.29. The van der Waals surface area contributed by atoms with Crippen LogP contribution in [0.15, 0.2) is 18.2 Å². The number of benzene rings is 1. The Morgan fingerprint density at radius 1 is 1.35 bits per heavy atom. The number of alkyl halides is 3. The van der Waals surface area contributed by atoms with E-state index in [0.29, 0.717) is 5.92 Å². The van der Waals surface area contributed by atoms with Crippen LogP contribution in [0.4, 0.5) is 23.2 Å². The highest BCUT2D eigenvalue weighted by atomic mass is 35.5. The van der Waals surface area contributed by atoms with Gasteiger partial charge in [-0.05, 0) is 49.9 Å². The Bertz CT molecular complexity index is 593. The average molecular weight is 399 g/mol. The van der Waals surface area contributed by atoms with E-state index in [1.165, 1.54) is 0 Å². The fourth-order valence-corrected chi connectivity index (χ4v) is 2.96. The van der Waals surface area contributed by atoms with E-state index in [-0.39, 0.29) is 42.1 Å². The molecule has 0 saturated carbocycles. The van der Waals surface area contributed by atoms with Crippen LogP contribution in [-0.4, -0.2) is 31.8 Å². The number of piperidine rings is 1. The molecule has 1 saturated heterocycles. The van der Waals surface area contributed by atoms with Crippen molar-refractivity contribution < 1.29 is 27.1 Å². The first kappa shape index (κ1) is 22.5. The van der Waals surface area contributed by atoms with Crippen LogP contribution in [0.5, 0.6) is 5.75 Å². The van der Waals surface area contributed by atoms with Crippen molar-refractivity contribution in [3.05, 3.63) is 24.0 Å². The van der Waals surface area contributed by atoms with Crippen LogP contribution in [-0.2, 0) is 4.79 Å². The normalized spacial score (nSPS) is 16.5. The summed E-state index contributed by atoms with van der Waals surface area (Å²) in [5.74, 6) is -0.688. The molecule has 0 spiro atoms. The molecule has 26 heavy (non-hydrogen) atoms. The van der Waals surface area contributed by atoms with Gasteiger partial charge >= 0.3 is 6.18 Å². The van der Waals surface area contributed by atoms with Gasteiger partial charge in [0.25, 0.3) is 0 Å². The van der Waals surface area contributed by atoms with Crippen LogP contribution in [0, 0.1) is 17.7 Å². The fraction of sp³-hybridized carbons (Fsp3) is 0.588. The molecule has 0 radical (unpaired) electrons. The lowest BCUT2D eigenvalue weighted by atomic mass is 9.84. The summed E-state index contributed by atoms with van der Waals surface area (Å²) in [6, 6.07) is 3.02. The zero-order valence-corrected chi connectivity index (χ0v) is 15.2. The molecule has 1 fully saturated rings. The van der Waals surface area contributed by atoms with E-state index in [2.05, 4.69) is 15.4 Å². The topological polar surface area (TPSA) is 50.4 Å². The molecule has 0 aromatic heterocycles. The monoisotopic (exact) mass is 398 g/mol. The largest absolute Gasteiger partial charge is 0.482 e. The van der Waals surface area contributed by atoms with Gasteiger partial charge in [-0.25, -0.2) is 4.39 Å². The number of ether oxygens (including phenoxy) is 1. The molecule has 1 aromatic rings. The van der Waals surface area contributed by atoms with Gasteiger partial charge in [0.15, 0.2) is 6.61 Å². The van der Waals surface area contributed by atoms with Crippen molar-refractivity contribution in [3.8, 4) is 5.75 Å². The van der Waals surface area contributed by atoms with E-state index in [1.54, 1.807) is 0 Å². The SMILES string of the molecule is CC(CC(=O)Nc1cc(F)ccc1OCC(F)(F)F)C1CCNCC1.Cl. The van der Waals surface area contributed by atoms with E-state index in [1.807, 2.05) is 6.92 Å². The van der Waals surface area contributed by atoms with Gasteiger partial charge in [-0.1, -0.05) is 6.92 Å². The minimum absolute atomic E-state index is 0. The quantitative estimate of drug-likeness (QED) is 0.708. The van der Waals surface area contributed by atoms with Crippen LogP contribution in [0.1, 0.15) is 26.2 Å². The Morgan fingerprint density at radius 2 is 2.00 bits per heavy atom. The minimum Gasteiger partial charge on any atom is -0.482 e. The molecule has 148 valence electrons. The molecule has 1 amide bonds. The number of carbonyl (C=O) groups excluding carboxylic acids is 1. The standard InChI is InChI=1S/C17H22F4N2O2.ClH/c1-11(12-4-6-22-7-5-12)8-16(24)23-14-9-13(18)2-3-15(14)25-10-17(19,20)21;/h2-3,9,11-12,22H,4-8,10H2,1H3,(H,23,24);1H. The van der Waals surface area contributed by atoms with Crippen molar-refractivity contribution in [2.24, 2.45) is 11.8 Å². The van der Waals surface area contributed by atoms with Crippen LogP contribution in [0.3, 0.4) is 0 Å². The lowest BCUT2D eigenvalue weighted by Crippen LogP contribution is -2.32. The van der Waals surface area contributed by atoms with E-state index < -0.39 is 18.6 Å². The maximum Gasteiger partial charge on any atom is 0.422 e. The first-order valence-electron chi connectivity index (χ1n) is 8.24. The molecule has 1 aliphatic rings. The Hall–Kier alpha value is -1.54. The van der Waals surface area contributed by atoms with Crippen molar-refractivity contribution in [1.29, 1.82) is 0 Å². The molecule has 2 rings (SSSR count). The summed E-state index contributed by atoms with van der Waals surface area (Å²) in [5, 5.41) is 5.72. The number of hydrogen-bond donors (Lipinski definition) is 2. The smallest absolute Gasteiger partial charge is 0.422 e. The molecular formula is C17H23ClF4N2O2. The third-order valence-corrected chi connectivity index (χ3v) is 4.30. The zero-order valence-electron chi connectivity index (χ0n) is 14.4. The van der Waals surface area contributed by atoms with E-state index in [9.17, 15) is 22.4 Å². The lowest BCUT2D eigenvalue weighted by Gasteiger charge is -2.28. The third kappa shape index (κ3) is 7.37. The number of rotatable bonds is 6. The summed E-state index contributed by atoms with van der Waals surface area (Å²) in [4.78, 5) is 12.2. The summed E-state index contributed by atoms with van der Waals surface area (Å²) in [5.41, 5.74) is -0.0910. The predicted molar refractivity (Wildman–Crippen MR) is 93.2 cm³/mol. The van der Waals surface area contributed by atoms with Gasteiger partial charge in [-0.15, -0.1) is 12.4 Å². The molecule has 1 heterocycles. The first-order chi connectivity index (χ1) is 11.7. The Balaban J connectivity index is 0.00000338. The average Bonchev–Trinajstić information content (AvgIpc) is 2.54. The molecule has 1 atom stereocenters. The van der Waals surface area contributed by atoms with E-state index >= 15 is 0 Å². The molecule has 4 nitrogen and oxygen atoms in total. The van der Waals surface area contributed by atoms with Crippen molar-refractivity contribution >= 4 is 24.0 Å². The first-order valence-corrected chi connectivity index (χ1v) is 8.24. The van der Waals surface area contributed by atoms with Gasteiger partial charge in [0, 0.05) is 12.5 Å². The Kier molecular flexibility index (Phi) is 8.62. The number of carbonyl (C=O) groups is 1. The molecule has 9 heteroatoms. The summed E-state index contributed by atoms with van der Waals surface area (Å²) in [7, 11) is 0. The van der Waals surface area contributed by atoms with Crippen LogP contribution < -0.4 is 15.4 Å². The third-order valence-electron chi connectivity index (χ3n) is 4.30. The molecule has 1 aliphatic heterocycles. The molecule has 0 aliphatic carbocycles. The molecule has 2 N–H and O–H groups in total. The summed E-state index contributed by atoms with van der Waals surface area (Å²) < 4.78 is 55.0. The Morgan fingerprint density at radius 3 is 2.62 bits per heavy atom. The summed E-state index contributed by atoms with van der Waals surface area (Å²) >= 11 is 0. The molecule has 1 aromatic carbocycles. The van der Waals surface area contributed by atoms with Gasteiger partial charge in [-0.3, -0.25) is 4.79 Å². The number of amides is 1. The van der Waals surface area contributed by atoms with Crippen LogP contribution in [0.2, 0.25) is 0 Å². The highest BCUT2D eigenvalue weighted by Gasteiger charge is 2.29. The maximum absolute atomic E-state index is 13.4. The molecular weight excluding hydrogens is 376 g/mol. The number of hydrogen-bond acceptors (Lipinski definition) is 3. The van der Waals surface area contributed by atoms with Crippen molar-refractivity contribution in [2.45, 2.75) is 32.4 Å². The number of nitrogens with one attached hydrogen (secondary N) is 2. The van der Waals surface area contributed by atoms with Gasteiger partial charge < -0.3 is 15.4 Å². The Labute approximate surface area is 156 Å². The molecule has 0 bridgehead atoms. The molecule has 1 unspecified atom stereocenters. The lowest BCUT2D eigenvalue weighted by molar-refractivity contribution is -0.153. The second-order valence-electron chi connectivity index (χ2n) is 6.36. The fourth-order valence-electron chi connectivity index (χ4n) is 2.96. The van der Waals surface area contributed by atoms with Crippen LogP contribution in [0.25, 0.3) is 0 Å². The van der Waals surface area contributed by atoms with Crippen molar-refractivity contribution in [2.75, 3.05) is 25.0 Å². The highest BCUT2D eigenvalue weighted by molar-refractivity contribution is 5.92. The minimum atomic E-state index is -4.51. The second-order valence-corrected chi connectivity index (χ2v) is 6.36. The van der Waals surface area contributed by atoms with Gasteiger partial charge in [-0.2, -0.15) is 13.2 Å². The van der Waals surface area contributed by atoms with E-state index in [0.717, 1.165) is 44.1 Å². The van der Waals surface area contributed by atoms with Crippen molar-refractivity contribution in [1.82, 2.24) is 5.32 Å². The number of anilines is 1. The van der Waals surface area contributed by atoms with Gasteiger partial charge in [0.1, 0.15) is 11.6 Å². The zero-order chi connectivity index (χ0) is 18.4. The summed E-state index contributed by atoms with van der Waals surface area (Å²) in [6.45, 7) is 2.29. The predicted octanol–water partition coefficient (Wildman–Crippen LogP) is 4.15. The maximum atomic E-state index is 13.4. The van der Waals surface area contributed by atoms with Gasteiger partial charge in [0.05, 0.1) is 5.69 Å².